The van der Waals surface area contributed by atoms with Gasteiger partial charge in [-0.2, -0.15) is 0 Å². The third-order valence-corrected chi connectivity index (χ3v) is 6.93. The molecule has 3 aromatic carbocycles. The van der Waals surface area contributed by atoms with Gasteiger partial charge < -0.3 is 15.0 Å². The monoisotopic (exact) mass is 504 g/mol. The summed E-state index contributed by atoms with van der Waals surface area (Å²) in [6, 6.07) is 23.9. The van der Waals surface area contributed by atoms with E-state index in [-0.39, 0.29) is 5.91 Å². The maximum atomic E-state index is 13.5. The molecule has 0 radical (unpaired) electrons. The Morgan fingerprint density at radius 1 is 1.03 bits per heavy atom. The number of fused-ring (bicyclic) bond motifs is 4. The van der Waals surface area contributed by atoms with Crippen LogP contribution in [0.25, 0.3) is 16.6 Å². The second-order valence-corrected chi connectivity index (χ2v) is 9.73. The molecule has 0 saturated heterocycles. The van der Waals surface area contributed by atoms with Crippen LogP contribution in [0, 0.1) is 6.92 Å². The van der Waals surface area contributed by atoms with Crippen LogP contribution in [0.4, 0.5) is 0 Å². The summed E-state index contributed by atoms with van der Waals surface area (Å²) in [5, 5.41) is 12.9. The van der Waals surface area contributed by atoms with Gasteiger partial charge in [0.05, 0.1) is 18.5 Å². The van der Waals surface area contributed by atoms with Crippen molar-refractivity contribution in [3.63, 3.8) is 0 Å². The molecule has 6 rings (SSSR count). The van der Waals surface area contributed by atoms with E-state index in [0.717, 1.165) is 39.3 Å². The summed E-state index contributed by atoms with van der Waals surface area (Å²) < 4.78 is 7.32. The Morgan fingerprint density at radius 2 is 1.84 bits per heavy atom. The van der Waals surface area contributed by atoms with Gasteiger partial charge in [0, 0.05) is 28.1 Å². The van der Waals surface area contributed by atoms with Gasteiger partial charge in [0.15, 0.2) is 12.0 Å². The second kappa shape index (κ2) is 9.30. The van der Waals surface area contributed by atoms with E-state index >= 15 is 0 Å². The van der Waals surface area contributed by atoms with E-state index < -0.39 is 6.17 Å². The Labute approximate surface area is 220 Å². The fraction of sp³-hybridized carbons (Fsp3) is 0.200. The maximum Gasteiger partial charge on any atom is 0.269 e. The average molecular weight is 505 g/mol. The van der Waals surface area contributed by atoms with Crippen LogP contribution in [0.5, 0.6) is 5.75 Å². The van der Waals surface area contributed by atoms with Crippen LogP contribution >= 0.6 is 0 Å². The minimum atomic E-state index is -0.755. The SMILES string of the molecule is COc1ccc2cc(C(=O)NC3N=C(c4ccccc4)c4ccc(C(C)C)cc4-n4c(C)nnc43)[nH]c2c1. The molecule has 8 heteroatoms. The molecule has 1 aliphatic rings. The predicted molar refractivity (Wildman–Crippen MR) is 147 cm³/mol. The number of ether oxygens (including phenoxy) is 1. The topological polar surface area (TPSA) is 97.2 Å². The van der Waals surface area contributed by atoms with Crippen LogP contribution in [0.1, 0.15) is 64.8 Å². The molecule has 38 heavy (non-hydrogen) atoms. The van der Waals surface area contributed by atoms with Crippen LogP contribution in [0.2, 0.25) is 0 Å². The van der Waals surface area contributed by atoms with Gasteiger partial charge in [0.2, 0.25) is 0 Å². The second-order valence-electron chi connectivity index (χ2n) is 9.73. The van der Waals surface area contributed by atoms with E-state index in [2.05, 4.69) is 52.5 Å². The van der Waals surface area contributed by atoms with Gasteiger partial charge in [0.25, 0.3) is 5.91 Å². The van der Waals surface area contributed by atoms with Crippen LogP contribution < -0.4 is 10.1 Å². The number of H-pyrrole nitrogens is 1. The molecular formula is C30H28N6O2. The van der Waals surface area contributed by atoms with Gasteiger partial charge in [-0.3, -0.25) is 14.4 Å². The highest BCUT2D eigenvalue weighted by Gasteiger charge is 2.30. The molecule has 0 saturated carbocycles. The van der Waals surface area contributed by atoms with Gasteiger partial charge in [0.1, 0.15) is 17.3 Å². The first-order valence-corrected chi connectivity index (χ1v) is 12.6. The highest BCUT2D eigenvalue weighted by atomic mass is 16.5. The van der Waals surface area contributed by atoms with Crippen LogP contribution in [-0.4, -0.2) is 38.5 Å². The number of carbonyl (C=O) groups excluding carboxylic acids is 1. The number of aromatic amines is 1. The Kier molecular flexibility index (Phi) is 5.79. The van der Waals surface area contributed by atoms with Crippen molar-refractivity contribution in [2.45, 2.75) is 32.9 Å². The minimum absolute atomic E-state index is 0.289. The molecule has 2 aromatic heterocycles. The number of benzene rings is 3. The summed E-state index contributed by atoms with van der Waals surface area (Å²) in [6.45, 7) is 6.26. The van der Waals surface area contributed by atoms with Crippen molar-refractivity contribution in [1.82, 2.24) is 25.1 Å². The molecule has 0 bridgehead atoms. The summed E-state index contributed by atoms with van der Waals surface area (Å²) >= 11 is 0. The van der Waals surface area contributed by atoms with Crippen LogP contribution in [0.3, 0.4) is 0 Å². The smallest absolute Gasteiger partial charge is 0.269 e. The molecule has 190 valence electrons. The van der Waals surface area contributed by atoms with Crippen molar-refractivity contribution < 1.29 is 9.53 Å². The lowest BCUT2D eigenvalue weighted by Crippen LogP contribution is -2.29. The van der Waals surface area contributed by atoms with Crippen molar-refractivity contribution in [3.8, 4) is 11.4 Å². The summed E-state index contributed by atoms with van der Waals surface area (Å²) in [5.41, 5.74) is 6.09. The fourth-order valence-electron chi connectivity index (χ4n) is 4.88. The van der Waals surface area contributed by atoms with Crippen molar-refractivity contribution in [2.24, 2.45) is 4.99 Å². The quantitative estimate of drug-likeness (QED) is 0.332. The zero-order valence-electron chi connectivity index (χ0n) is 21.7. The molecule has 2 N–H and O–H groups in total. The standard InChI is InChI=1S/C30H28N6O2/c1-17(2)20-11-13-23-26(15-20)36-18(3)34-35-29(36)28(32-27(23)19-8-6-5-7-9-19)33-30(37)25-14-21-10-12-22(38-4)16-24(21)31-25/h5-17,28,31H,1-4H3,(H,33,37). The summed E-state index contributed by atoms with van der Waals surface area (Å²) in [4.78, 5) is 21.8. The molecule has 0 fully saturated rings. The first-order valence-electron chi connectivity index (χ1n) is 12.6. The summed E-state index contributed by atoms with van der Waals surface area (Å²) in [7, 11) is 1.62. The number of aryl methyl sites for hydroxylation is 1. The molecular weight excluding hydrogens is 476 g/mol. The number of carbonyl (C=O) groups is 1. The highest BCUT2D eigenvalue weighted by Crippen LogP contribution is 2.32. The molecule has 3 heterocycles. The van der Waals surface area contributed by atoms with Crippen molar-refractivity contribution in [1.29, 1.82) is 0 Å². The van der Waals surface area contributed by atoms with E-state index in [0.29, 0.717) is 23.2 Å². The highest BCUT2D eigenvalue weighted by molar-refractivity contribution is 6.15. The van der Waals surface area contributed by atoms with Gasteiger partial charge in [-0.05, 0) is 42.7 Å². The summed E-state index contributed by atoms with van der Waals surface area (Å²) in [6.07, 6.45) is -0.755. The Morgan fingerprint density at radius 3 is 2.61 bits per heavy atom. The largest absolute Gasteiger partial charge is 0.497 e. The number of nitrogens with zero attached hydrogens (tertiary/aromatic N) is 4. The van der Waals surface area contributed by atoms with Crippen LogP contribution in [0.15, 0.2) is 77.8 Å². The lowest BCUT2D eigenvalue weighted by molar-refractivity contribution is 0.0932. The molecule has 1 atom stereocenters. The first-order chi connectivity index (χ1) is 18.4. The molecule has 1 unspecified atom stereocenters. The predicted octanol–water partition coefficient (Wildman–Crippen LogP) is 5.47. The molecule has 1 aliphatic heterocycles. The fourth-order valence-corrected chi connectivity index (χ4v) is 4.88. The van der Waals surface area contributed by atoms with E-state index in [4.69, 9.17) is 9.73 Å². The number of nitrogens with one attached hydrogen (secondary N) is 2. The molecule has 8 nitrogen and oxygen atoms in total. The zero-order valence-corrected chi connectivity index (χ0v) is 21.7. The van der Waals surface area contributed by atoms with Gasteiger partial charge >= 0.3 is 0 Å². The Bertz CT molecular complexity index is 1700. The van der Waals surface area contributed by atoms with E-state index in [1.54, 1.807) is 7.11 Å². The first kappa shape index (κ1) is 23.7. The number of methoxy groups -OCH3 is 1. The van der Waals surface area contributed by atoms with Gasteiger partial charge in [-0.25, -0.2) is 0 Å². The Hall–Kier alpha value is -4.72. The van der Waals surface area contributed by atoms with Crippen molar-refractivity contribution in [2.75, 3.05) is 7.11 Å². The Balaban J connectivity index is 1.48. The van der Waals surface area contributed by atoms with E-state index in [1.807, 2.05) is 66.1 Å². The number of rotatable bonds is 5. The van der Waals surface area contributed by atoms with E-state index in [1.165, 1.54) is 5.56 Å². The number of hydrogen-bond acceptors (Lipinski definition) is 5. The number of aliphatic imine (C=N–C) groups is 1. The molecule has 0 aliphatic carbocycles. The number of amides is 1. The average Bonchev–Trinajstić information content (AvgIpc) is 3.50. The molecule has 1 amide bonds. The lowest BCUT2D eigenvalue weighted by Gasteiger charge is -2.16. The molecule has 0 spiro atoms. The van der Waals surface area contributed by atoms with E-state index in [9.17, 15) is 4.79 Å². The lowest BCUT2D eigenvalue weighted by atomic mass is 9.95. The van der Waals surface area contributed by atoms with Gasteiger partial charge in [-0.15, -0.1) is 10.2 Å². The molecule has 5 aromatic rings. The van der Waals surface area contributed by atoms with Crippen LogP contribution in [-0.2, 0) is 0 Å². The van der Waals surface area contributed by atoms with Crippen molar-refractivity contribution in [3.05, 3.63) is 107 Å². The number of hydrogen-bond donors (Lipinski definition) is 2. The summed E-state index contributed by atoms with van der Waals surface area (Å²) in [5.74, 6) is 2.05. The minimum Gasteiger partial charge on any atom is -0.497 e. The maximum absolute atomic E-state index is 13.5. The normalized spacial score (nSPS) is 14.6. The third kappa shape index (κ3) is 4.04. The number of aromatic nitrogens is 4. The zero-order chi connectivity index (χ0) is 26.4. The third-order valence-electron chi connectivity index (χ3n) is 6.93. The van der Waals surface area contributed by atoms with Gasteiger partial charge in [-0.1, -0.05) is 56.3 Å². The van der Waals surface area contributed by atoms with Crippen molar-refractivity contribution >= 4 is 22.5 Å².